The Balaban J connectivity index is 1.81. The number of nitrogens with one attached hydrogen (secondary N) is 2. The molecule has 1 aliphatic carbocycles. The molecular weight excluding hydrogens is 330 g/mol. The van der Waals surface area contributed by atoms with Crippen LogP contribution in [-0.4, -0.2) is 54.0 Å². The van der Waals surface area contributed by atoms with Crippen LogP contribution in [0.1, 0.15) is 26.5 Å². The van der Waals surface area contributed by atoms with Crippen LogP contribution in [0, 0.1) is 11.8 Å². The Morgan fingerprint density at radius 3 is 3.00 bits per heavy atom. The number of hydrogen-bond acceptors (Lipinski definition) is 7. The maximum Gasteiger partial charge on any atom is 0.280 e. The third kappa shape index (κ3) is 2.21. The summed E-state index contributed by atoms with van der Waals surface area (Å²) in [7, 11) is 0. The number of H-pyrrole nitrogens is 1. The van der Waals surface area contributed by atoms with Crippen molar-refractivity contribution >= 4 is 23.0 Å². The van der Waals surface area contributed by atoms with Crippen molar-refractivity contribution in [3.05, 3.63) is 16.7 Å². The van der Waals surface area contributed by atoms with Gasteiger partial charge in [0.05, 0.1) is 19.0 Å². The lowest BCUT2D eigenvalue weighted by Gasteiger charge is -2.32. The Morgan fingerprint density at radius 1 is 1.60 bits per heavy atom. The zero-order chi connectivity index (χ0) is 17.9. The monoisotopic (exact) mass is 349 g/mol. The van der Waals surface area contributed by atoms with Crippen LogP contribution in [0.5, 0.6) is 0 Å². The van der Waals surface area contributed by atoms with E-state index in [1.54, 1.807) is 4.57 Å². The van der Waals surface area contributed by atoms with Crippen LogP contribution in [0.25, 0.3) is 11.2 Å². The molecule has 10 heteroatoms. The summed E-state index contributed by atoms with van der Waals surface area (Å²) in [6, 6.07) is 0. The van der Waals surface area contributed by atoms with Crippen LogP contribution in [0.4, 0.5) is 5.95 Å². The second-order valence-corrected chi connectivity index (χ2v) is 6.85. The number of aliphatic hydroxyl groups excluding tert-OH is 2. The molecule has 2 aromatic heterocycles. The number of amides is 1. The fraction of sp³-hybridized carbons (Fsp3) is 0.600. The number of aromatic nitrogens is 4. The van der Waals surface area contributed by atoms with E-state index in [1.807, 2.05) is 6.92 Å². The number of fused-ring (bicyclic) bond motifs is 3. The van der Waals surface area contributed by atoms with Crippen molar-refractivity contribution in [2.45, 2.75) is 38.2 Å². The fourth-order valence-corrected chi connectivity index (χ4v) is 4.11. The maximum absolute atomic E-state index is 12.2. The molecule has 0 radical (unpaired) electrons. The highest BCUT2D eigenvalue weighted by atomic mass is 16.6. The van der Waals surface area contributed by atoms with Gasteiger partial charge >= 0.3 is 0 Å². The topological polar surface area (TPSA) is 142 Å². The molecule has 5 atom stereocenters. The summed E-state index contributed by atoms with van der Waals surface area (Å²) < 4.78 is 7.56. The highest BCUT2D eigenvalue weighted by Gasteiger charge is 2.63. The number of rotatable bonds is 3. The summed E-state index contributed by atoms with van der Waals surface area (Å²) in [5.74, 6) is -0.488. The van der Waals surface area contributed by atoms with Gasteiger partial charge in [-0.2, -0.15) is 4.98 Å². The van der Waals surface area contributed by atoms with E-state index >= 15 is 0 Å². The number of hydrogen-bond donors (Lipinski definition) is 4. The Kier molecular flexibility index (Phi) is 3.46. The SMILES string of the molecule is CC(=O)Nc1nc2c(ncn2[C@@H]2O[C@@]3(CO)C[C@@H](C)[C@@H]2[C@@H]3O)c(=O)[nH]1. The zero-order valence-electron chi connectivity index (χ0n) is 13.8. The molecule has 0 spiro atoms. The average molecular weight is 349 g/mol. The van der Waals surface area contributed by atoms with Gasteiger partial charge in [0.1, 0.15) is 11.8 Å². The second-order valence-electron chi connectivity index (χ2n) is 6.85. The predicted octanol–water partition coefficient (Wildman–Crippen LogP) is -0.645. The minimum Gasteiger partial charge on any atom is -0.393 e. The molecule has 2 aromatic rings. The lowest BCUT2D eigenvalue weighted by molar-refractivity contribution is -0.147. The van der Waals surface area contributed by atoms with Crippen LogP contribution < -0.4 is 10.9 Å². The third-order valence-electron chi connectivity index (χ3n) is 5.18. The summed E-state index contributed by atoms with van der Waals surface area (Å²) >= 11 is 0. The quantitative estimate of drug-likeness (QED) is 0.577. The molecule has 134 valence electrons. The molecule has 3 heterocycles. The molecule has 0 unspecified atom stereocenters. The van der Waals surface area contributed by atoms with Crippen molar-refractivity contribution in [3.8, 4) is 0 Å². The summed E-state index contributed by atoms with van der Waals surface area (Å²) in [6.07, 6.45) is 0.575. The molecule has 1 aliphatic heterocycles. The molecule has 2 bridgehead atoms. The van der Waals surface area contributed by atoms with Crippen molar-refractivity contribution < 1.29 is 19.7 Å². The number of aliphatic hydroxyl groups is 2. The van der Waals surface area contributed by atoms with Crippen molar-refractivity contribution in [2.24, 2.45) is 11.8 Å². The first-order valence-corrected chi connectivity index (χ1v) is 8.07. The number of nitrogens with zero attached hydrogens (tertiary/aromatic N) is 3. The minimum absolute atomic E-state index is 0.0142. The van der Waals surface area contributed by atoms with E-state index in [0.717, 1.165) is 0 Å². The molecule has 4 rings (SSSR count). The molecule has 2 aliphatic rings. The Bertz CT molecular complexity index is 907. The van der Waals surface area contributed by atoms with Crippen LogP contribution in [0.2, 0.25) is 0 Å². The number of ether oxygens (including phenoxy) is 1. The Morgan fingerprint density at radius 2 is 2.36 bits per heavy atom. The van der Waals surface area contributed by atoms with Gasteiger partial charge in [0.25, 0.3) is 5.56 Å². The standard InChI is InChI=1S/C15H19N5O5/c1-6-3-15(4-21)10(23)8(6)13(25-15)20-5-16-9-11(20)18-14(17-7(2)22)19-12(9)24/h5-6,8,10,13,21,23H,3-4H2,1-2H3,(H2,17,18,19,22,24)/t6-,8-,10+,13-,15-/m1/s1. The first kappa shape index (κ1) is 16.2. The first-order chi connectivity index (χ1) is 11.9. The van der Waals surface area contributed by atoms with Crippen LogP contribution >= 0.6 is 0 Å². The highest BCUT2D eigenvalue weighted by Crippen LogP contribution is 2.55. The summed E-state index contributed by atoms with van der Waals surface area (Å²) in [5, 5.41) is 22.7. The van der Waals surface area contributed by atoms with Crippen LogP contribution in [-0.2, 0) is 9.53 Å². The largest absolute Gasteiger partial charge is 0.393 e. The molecule has 25 heavy (non-hydrogen) atoms. The van der Waals surface area contributed by atoms with Gasteiger partial charge in [0.15, 0.2) is 11.2 Å². The summed E-state index contributed by atoms with van der Waals surface area (Å²) in [5.41, 5.74) is -1.13. The van der Waals surface area contributed by atoms with Crippen LogP contribution in [0.3, 0.4) is 0 Å². The number of aromatic amines is 1. The van der Waals surface area contributed by atoms with Gasteiger partial charge in [-0.25, -0.2) is 4.98 Å². The molecule has 1 saturated carbocycles. The normalized spacial score (nSPS) is 33.9. The zero-order valence-corrected chi connectivity index (χ0v) is 13.8. The van der Waals surface area contributed by atoms with E-state index in [1.165, 1.54) is 13.3 Å². The van der Waals surface area contributed by atoms with E-state index in [9.17, 15) is 19.8 Å². The molecule has 0 aromatic carbocycles. The summed E-state index contributed by atoms with van der Waals surface area (Å²) in [4.78, 5) is 34.2. The Labute approximate surface area is 141 Å². The third-order valence-corrected chi connectivity index (χ3v) is 5.18. The molecule has 10 nitrogen and oxygen atoms in total. The van der Waals surface area contributed by atoms with Gasteiger partial charge in [-0.1, -0.05) is 6.92 Å². The van der Waals surface area contributed by atoms with Gasteiger partial charge in [-0.15, -0.1) is 0 Å². The minimum atomic E-state index is -1.01. The van der Waals surface area contributed by atoms with Gasteiger partial charge in [-0.05, 0) is 12.3 Å². The van der Waals surface area contributed by atoms with Crippen LogP contribution in [0.15, 0.2) is 11.1 Å². The average Bonchev–Trinajstić information content (AvgIpc) is 3.15. The number of carbonyl (C=O) groups excluding carboxylic acids is 1. The fourth-order valence-electron chi connectivity index (χ4n) is 4.11. The van der Waals surface area contributed by atoms with E-state index in [-0.39, 0.29) is 41.5 Å². The van der Waals surface area contributed by atoms with Crippen molar-refractivity contribution in [2.75, 3.05) is 11.9 Å². The van der Waals surface area contributed by atoms with Gasteiger partial charge in [0, 0.05) is 12.8 Å². The molecular formula is C15H19N5O5. The second kappa shape index (κ2) is 5.35. The van der Waals surface area contributed by atoms with Crippen molar-refractivity contribution in [3.63, 3.8) is 0 Å². The maximum atomic E-state index is 12.2. The smallest absolute Gasteiger partial charge is 0.280 e. The van der Waals surface area contributed by atoms with Gasteiger partial charge < -0.3 is 14.9 Å². The van der Waals surface area contributed by atoms with Crippen molar-refractivity contribution in [1.29, 1.82) is 0 Å². The van der Waals surface area contributed by atoms with Crippen molar-refractivity contribution in [1.82, 2.24) is 19.5 Å². The van der Waals surface area contributed by atoms with E-state index < -0.39 is 23.5 Å². The van der Waals surface area contributed by atoms with Gasteiger partial charge in [-0.3, -0.25) is 24.5 Å². The van der Waals surface area contributed by atoms with E-state index in [0.29, 0.717) is 6.42 Å². The molecule has 1 saturated heterocycles. The lowest BCUT2D eigenvalue weighted by atomic mass is 9.95. The number of carbonyl (C=O) groups is 1. The molecule has 2 fully saturated rings. The molecule has 4 N–H and O–H groups in total. The summed E-state index contributed by atoms with van der Waals surface area (Å²) in [6.45, 7) is 3.01. The van der Waals surface area contributed by atoms with Gasteiger partial charge in [0.2, 0.25) is 11.9 Å². The highest BCUT2D eigenvalue weighted by molar-refractivity contribution is 5.87. The van der Waals surface area contributed by atoms with E-state index in [4.69, 9.17) is 4.74 Å². The molecule has 1 amide bonds. The number of imidazole rings is 1. The Hall–Kier alpha value is -2.30. The number of anilines is 1. The van der Waals surface area contributed by atoms with E-state index in [2.05, 4.69) is 20.3 Å². The predicted molar refractivity (Wildman–Crippen MR) is 85.7 cm³/mol. The lowest BCUT2D eigenvalue weighted by Crippen LogP contribution is -2.41. The first-order valence-electron chi connectivity index (χ1n) is 8.07.